The molecule has 0 saturated carbocycles. The van der Waals surface area contributed by atoms with Gasteiger partial charge in [-0.05, 0) is 79.5 Å². The van der Waals surface area contributed by atoms with Crippen LogP contribution in [-0.2, 0) is 32.6 Å². The molecule has 0 aromatic heterocycles. The quantitative estimate of drug-likeness (QED) is 0.507. The zero-order valence-corrected chi connectivity index (χ0v) is 24.8. The van der Waals surface area contributed by atoms with Gasteiger partial charge in [0.25, 0.3) is 0 Å². The molecular weight excluding hydrogens is 550 g/mol. The number of likely N-dealkylation sites (N-methyl/N-ethyl adjacent to an activating group) is 1. The topological polar surface area (TPSA) is 96.0 Å². The van der Waals surface area contributed by atoms with Crippen molar-refractivity contribution in [1.82, 2.24) is 9.62 Å². The fraction of sp³-hybridized carbons (Fsp3) is 0.467. The van der Waals surface area contributed by atoms with Crippen LogP contribution in [0.2, 0.25) is 5.02 Å². The molecule has 2 bridgehead atoms. The standard InChI is InChI=1S/C30H38ClN3O5S/c1-33-15-7-4-3-5-8-16-34-17-9-6-10-22-18-25(31)13-11-24(22)21-39-28-14-12-23(19-27(28)34)26(20-29(33)35)30(36)32-40(2,37)38/h4,7,11-14,18-19,26H,3,5-6,8-10,15-17,20-21H2,1-2H3,(H,32,36)/b7-4+. The predicted molar refractivity (Wildman–Crippen MR) is 158 cm³/mol. The lowest BCUT2D eigenvalue weighted by atomic mass is 9.93. The zero-order chi connectivity index (χ0) is 28.7. The molecule has 0 aliphatic carbocycles. The molecule has 2 aliphatic heterocycles. The second-order valence-electron chi connectivity index (χ2n) is 10.6. The van der Waals surface area contributed by atoms with Crippen molar-refractivity contribution in [2.24, 2.45) is 0 Å². The molecule has 4 rings (SSSR count). The van der Waals surface area contributed by atoms with Gasteiger partial charge in [0.2, 0.25) is 21.8 Å². The molecule has 0 radical (unpaired) electrons. The first-order valence-corrected chi connectivity index (χ1v) is 16.1. The van der Waals surface area contributed by atoms with Crippen LogP contribution >= 0.6 is 11.6 Å². The Morgan fingerprint density at radius 1 is 1.02 bits per heavy atom. The molecule has 1 unspecified atom stereocenters. The number of carbonyl (C=O) groups is 2. The molecule has 0 fully saturated rings. The lowest BCUT2D eigenvalue weighted by Crippen LogP contribution is -2.37. The predicted octanol–water partition coefficient (Wildman–Crippen LogP) is 4.81. The summed E-state index contributed by atoms with van der Waals surface area (Å²) < 4.78 is 32.4. The van der Waals surface area contributed by atoms with E-state index in [0.29, 0.717) is 29.5 Å². The highest BCUT2D eigenvalue weighted by Crippen LogP contribution is 2.36. The minimum atomic E-state index is -3.81. The van der Waals surface area contributed by atoms with E-state index in [1.54, 1.807) is 18.0 Å². The molecule has 1 N–H and O–H groups in total. The molecular formula is C30H38ClN3O5S. The molecule has 1 atom stereocenters. The van der Waals surface area contributed by atoms with E-state index in [1.165, 1.54) is 5.56 Å². The van der Waals surface area contributed by atoms with Gasteiger partial charge < -0.3 is 14.5 Å². The number of allylic oxidation sites excluding steroid dienone is 1. The largest absolute Gasteiger partial charge is 0.487 e. The number of ether oxygens (including phenoxy) is 1. The van der Waals surface area contributed by atoms with Crippen molar-refractivity contribution in [3.63, 3.8) is 0 Å². The van der Waals surface area contributed by atoms with E-state index in [0.717, 1.165) is 69.1 Å². The average molecular weight is 588 g/mol. The molecule has 0 spiro atoms. The van der Waals surface area contributed by atoms with Crippen LogP contribution in [-0.4, -0.2) is 58.1 Å². The number of hydrogen-bond donors (Lipinski definition) is 1. The maximum absolute atomic E-state index is 13.2. The van der Waals surface area contributed by atoms with Gasteiger partial charge in [-0.25, -0.2) is 8.42 Å². The third-order valence-corrected chi connectivity index (χ3v) is 8.21. The summed E-state index contributed by atoms with van der Waals surface area (Å²) in [6.07, 6.45) is 10.6. The average Bonchev–Trinajstić information content (AvgIpc) is 2.93. The molecule has 2 aromatic rings. The van der Waals surface area contributed by atoms with Gasteiger partial charge >= 0.3 is 0 Å². The zero-order valence-electron chi connectivity index (χ0n) is 23.2. The van der Waals surface area contributed by atoms with Crippen molar-refractivity contribution in [2.45, 2.75) is 57.5 Å². The Labute approximate surface area is 242 Å². The molecule has 2 aliphatic rings. The van der Waals surface area contributed by atoms with Crippen LogP contribution in [0.4, 0.5) is 5.69 Å². The van der Waals surface area contributed by atoms with Crippen molar-refractivity contribution >= 4 is 39.1 Å². The van der Waals surface area contributed by atoms with Crippen molar-refractivity contribution in [1.29, 1.82) is 0 Å². The summed E-state index contributed by atoms with van der Waals surface area (Å²) >= 11 is 6.28. The number of amides is 2. The van der Waals surface area contributed by atoms with E-state index in [1.807, 2.05) is 36.4 Å². The maximum Gasteiger partial charge on any atom is 0.241 e. The van der Waals surface area contributed by atoms with Crippen molar-refractivity contribution in [3.05, 3.63) is 70.3 Å². The van der Waals surface area contributed by atoms with Crippen LogP contribution < -0.4 is 14.4 Å². The van der Waals surface area contributed by atoms with E-state index in [2.05, 4.69) is 15.7 Å². The Bertz CT molecular complexity index is 1360. The number of sulfonamides is 1. The highest BCUT2D eigenvalue weighted by Gasteiger charge is 2.29. The molecule has 2 amide bonds. The van der Waals surface area contributed by atoms with E-state index in [4.69, 9.17) is 16.3 Å². The molecule has 10 heteroatoms. The first-order valence-electron chi connectivity index (χ1n) is 13.8. The number of hydrogen-bond acceptors (Lipinski definition) is 6. The molecule has 8 nitrogen and oxygen atoms in total. The number of nitrogens with one attached hydrogen (secondary N) is 1. The van der Waals surface area contributed by atoms with Gasteiger partial charge in [0, 0.05) is 38.1 Å². The van der Waals surface area contributed by atoms with Crippen molar-refractivity contribution in [3.8, 4) is 5.75 Å². The molecule has 2 heterocycles. The van der Waals surface area contributed by atoms with E-state index < -0.39 is 21.8 Å². The normalized spacial score (nSPS) is 20.2. The maximum atomic E-state index is 13.2. The highest BCUT2D eigenvalue weighted by molar-refractivity contribution is 7.89. The summed E-state index contributed by atoms with van der Waals surface area (Å²) in [5.74, 6) is -1.26. The van der Waals surface area contributed by atoms with Gasteiger partial charge in [-0.1, -0.05) is 35.9 Å². The van der Waals surface area contributed by atoms with E-state index in [-0.39, 0.29) is 12.3 Å². The van der Waals surface area contributed by atoms with Crippen molar-refractivity contribution < 1.29 is 22.7 Å². The summed E-state index contributed by atoms with van der Waals surface area (Å²) in [6.45, 7) is 2.41. The number of nitrogens with zero attached hydrogens (tertiary/aromatic N) is 2. The second kappa shape index (κ2) is 13.5. The first-order chi connectivity index (χ1) is 19.1. The van der Waals surface area contributed by atoms with E-state index in [9.17, 15) is 18.0 Å². The number of rotatable bonds is 2. The van der Waals surface area contributed by atoms with Gasteiger partial charge in [0.05, 0.1) is 17.9 Å². The molecule has 40 heavy (non-hydrogen) atoms. The third-order valence-electron chi connectivity index (χ3n) is 7.40. The monoisotopic (exact) mass is 587 g/mol. The number of benzene rings is 2. The molecule has 2 aromatic carbocycles. The number of aryl methyl sites for hydroxylation is 1. The highest BCUT2D eigenvalue weighted by atomic mass is 35.5. The van der Waals surface area contributed by atoms with E-state index >= 15 is 0 Å². The minimum absolute atomic E-state index is 0.153. The van der Waals surface area contributed by atoms with Crippen LogP contribution in [0.15, 0.2) is 48.6 Å². The van der Waals surface area contributed by atoms with Crippen LogP contribution in [0.5, 0.6) is 5.75 Å². The van der Waals surface area contributed by atoms with Crippen LogP contribution in [0.25, 0.3) is 0 Å². The van der Waals surface area contributed by atoms with Gasteiger partial charge in [-0.2, -0.15) is 0 Å². The van der Waals surface area contributed by atoms with Gasteiger partial charge in [0.1, 0.15) is 12.4 Å². The number of carbonyl (C=O) groups excluding carboxylic acids is 2. The van der Waals surface area contributed by atoms with Crippen LogP contribution in [0.1, 0.15) is 61.1 Å². The Morgan fingerprint density at radius 3 is 2.58 bits per heavy atom. The fourth-order valence-corrected chi connectivity index (χ4v) is 5.88. The van der Waals surface area contributed by atoms with Crippen LogP contribution in [0, 0.1) is 0 Å². The lowest BCUT2D eigenvalue weighted by molar-refractivity contribution is -0.132. The third kappa shape index (κ3) is 8.24. The Kier molecular flexibility index (Phi) is 10.1. The smallest absolute Gasteiger partial charge is 0.241 e. The number of halogens is 1. The van der Waals surface area contributed by atoms with Gasteiger partial charge in [0.15, 0.2) is 0 Å². The second-order valence-corrected chi connectivity index (χ2v) is 12.8. The van der Waals surface area contributed by atoms with Gasteiger partial charge in [-0.15, -0.1) is 0 Å². The summed E-state index contributed by atoms with van der Waals surface area (Å²) in [5.41, 5.74) is 3.68. The SMILES string of the molecule is CN1C/C=C/CCCCN2CCCCc3cc(Cl)ccc3COc3ccc(cc32)C(C(=O)NS(C)(=O)=O)CC1=O. The summed E-state index contributed by atoms with van der Waals surface area (Å²) in [5, 5.41) is 0.709. The molecule has 0 saturated heterocycles. The van der Waals surface area contributed by atoms with Gasteiger partial charge in [-0.3, -0.25) is 14.3 Å². The van der Waals surface area contributed by atoms with Crippen molar-refractivity contribution in [2.75, 3.05) is 37.8 Å². The number of anilines is 1. The lowest BCUT2D eigenvalue weighted by Gasteiger charge is -2.28. The summed E-state index contributed by atoms with van der Waals surface area (Å²) in [7, 11) is -2.12. The fourth-order valence-electron chi connectivity index (χ4n) is 5.18. The Hall–Kier alpha value is -3.04. The number of fused-ring (bicyclic) bond motifs is 2. The summed E-state index contributed by atoms with van der Waals surface area (Å²) in [4.78, 5) is 30.2. The van der Waals surface area contributed by atoms with Crippen LogP contribution in [0.3, 0.4) is 0 Å². The Balaban J connectivity index is 1.77. The Morgan fingerprint density at radius 2 is 1.80 bits per heavy atom. The first kappa shape index (κ1) is 29.9. The minimum Gasteiger partial charge on any atom is -0.487 e. The summed E-state index contributed by atoms with van der Waals surface area (Å²) in [6, 6.07) is 11.4. The molecule has 216 valence electrons.